The molecule has 0 saturated carbocycles. The van der Waals surface area contributed by atoms with Crippen LogP contribution in [0.5, 0.6) is 0 Å². The second-order valence-electron chi connectivity index (χ2n) is 3.29. The zero-order valence-electron chi connectivity index (χ0n) is 8.11. The van der Waals surface area contributed by atoms with Crippen LogP contribution in [0.2, 0.25) is 0 Å². The average molecular weight is 186 g/mol. The van der Waals surface area contributed by atoms with Gasteiger partial charge in [-0.05, 0) is 13.0 Å². The number of piperazine rings is 1. The lowest BCUT2D eigenvalue weighted by Gasteiger charge is -2.34. The topological polar surface area (TPSA) is 65.1 Å². The summed E-state index contributed by atoms with van der Waals surface area (Å²) in [6.07, 6.45) is 1.18. The van der Waals surface area contributed by atoms with Gasteiger partial charge in [0.25, 0.3) is 0 Å². The Morgan fingerprint density at radius 2 is 2.00 bits per heavy atom. The Morgan fingerprint density at radius 3 is 2.46 bits per heavy atom. The van der Waals surface area contributed by atoms with Crippen molar-refractivity contribution in [2.45, 2.75) is 13.3 Å². The van der Waals surface area contributed by atoms with Crippen LogP contribution in [0.25, 0.3) is 0 Å². The molecule has 0 atom stereocenters. The molecule has 1 heterocycles. The van der Waals surface area contributed by atoms with Crippen LogP contribution in [0.15, 0.2) is 5.16 Å². The minimum absolute atomic E-state index is 0.233. The van der Waals surface area contributed by atoms with E-state index < -0.39 is 0 Å². The minimum atomic E-state index is 0.233. The van der Waals surface area contributed by atoms with E-state index in [1.54, 1.807) is 0 Å². The van der Waals surface area contributed by atoms with Gasteiger partial charge in [0.2, 0.25) is 5.96 Å². The molecule has 1 aliphatic heterocycles. The Hall–Kier alpha value is -0.970. The van der Waals surface area contributed by atoms with Crippen molar-refractivity contribution in [3.05, 3.63) is 0 Å². The number of rotatable bonds is 2. The maximum atomic E-state index is 8.46. The molecule has 1 fully saturated rings. The largest absolute Gasteiger partial charge is 0.408 e. The van der Waals surface area contributed by atoms with E-state index in [1.165, 1.54) is 6.42 Å². The van der Waals surface area contributed by atoms with E-state index in [-0.39, 0.29) is 5.96 Å². The van der Waals surface area contributed by atoms with Crippen LogP contribution < -0.4 is 5.73 Å². The standard InChI is InChI=1S/C8H18N4O/c1-2-3-11-4-6-12(7-5-11)8(9)10-13/h13H,2-7H2,1H3,(H2,9,10). The molecule has 0 spiro atoms. The lowest BCUT2D eigenvalue weighted by atomic mass is 10.3. The maximum absolute atomic E-state index is 8.46. The van der Waals surface area contributed by atoms with Crippen LogP contribution in [0.1, 0.15) is 13.3 Å². The van der Waals surface area contributed by atoms with Crippen molar-refractivity contribution in [2.75, 3.05) is 32.7 Å². The molecule has 0 aliphatic carbocycles. The average Bonchev–Trinajstić information content (AvgIpc) is 2.18. The van der Waals surface area contributed by atoms with Gasteiger partial charge < -0.3 is 15.8 Å². The molecule has 0 aromatic carbocycles. The van der Waals surface area contributed by atoms with E-state index in [0.29, 0.717) is 0 Å². The highest BCUT2D eigenvalue weighted by atomic mass is 16.4. The van der Waals surface area contributed by atoms with E-state index in [0.717, 1.165) is 32.7 Å². The van der Waals surface area contributed by atoms with Gasteiger partial charge in [-0.25, -0.2) is 0 Å². The van der Waals surface area contributed by atoms with E-state index in [1.807, 2.05) is 4.90 Å². The Labute approximate surface area is 78.8 Å². The number of hydrogen-bond donors (Lipinski definition) is 2. The van der Waals surface area contributed by atoms with Gasteiger partial charge in [-0.3, -0.25) is 4.90 Å². The molecule has 0 aromatic rings. The van der Waals surface area contributed by atoms with Crippen LogP contribution in [0, 0.1) is 0 Å². The van der Waals surface area contributed by atoms with Crippen molar-refractivity contribution in [3.8, 4) is 0 Å². The second-order valence-corrected chi connectivity index (χ2v) is 3.29. The van der Waals surface area contributed by atoms with Gasteiger partial charge in [-0.1, -0.05) is 12.1 Å². The monoisotopic (exact) mass is 186 g/mol. The summed E-state index contributed by atoms with van der Waals surface area (Å²) in [7, 11) is 0. The van der Waals surface area contributed by atoms with Crippen molar-refractivity contribution < 1.29 is 5.21 Å². The summed E-state index contributed by atoms with van der Waals surface area (Å²) in [5.74, 6) is 0.233. The predicted octanol–water partition coefficient (Wildman–Crippen LogP) is -0.282. The first-order valence-electron chi connectivity index (χ1n) is 4.72. The Morgan fingerprint density at radius 1 is 1.38 bits per heavy atom. The fourth-order valence-electron chi connectivity index (χ4n) is 1.58. The van der Waals surface area contributed by atoms with Gasteiger partial charge in [0.05, 0.1) is 0 Å². The normalized spacial score (nSPS) is 20.7. The van der Waals surface area contributed by atoms with E-state index in [2.05, 4.69) is 17.0 Å². The summed E-state index contributed by atoms with van der Waals surface area (Å²) in [6, 6.07) is 0. The van der Waals surface area contributed by atoms with Gasteiger partial charge in [-0.15, -0.1) is 0 Å². The van der Waals surface area contributed by atoms with Crippen molar-refractivity contribution in [3.63, 3.8) is 0 Å². The summed E-state index contributed by atoms with van der Waals surface area (Å²) in [5, 5.41) is 11.4. The molecule has 3 N–H and O–H groups in total. The van der Waals surface area contributed by atoms with E-state index in [4.69, 9.17) is 10.9 Å². The lowest BCUT2D eigenvalue weighted by Crippen LogP contribution is -2.51. The third kappa shape index (κ3) is 2.77. The second kappa shape index (κ2) is 4.91. The van der Waals surface area contributed by atoms with Gasteiger partial charge in [0, 0.05) is 26.2 Å². The molecule has 5 nitrogen and oxygen atoms in total. The van der Waals surface area contributed by atoms with Gasteiger partial charge in [-0.2, -0.15) is 0 Å². The molecule has 0 radical (unpaired) electrons. The number of guanidine groups is 1. The van der Waals surface area contributed by atoms with Crippen LogP contribution in [-0.4, -0.2) is 53.7 Å². The van der Waals surface area contributed by atoms with Crippen LogP contribution in [-0.2, 0) is 0 Å². The summed E-state index contributed by atoms with van der Waals surface area (Å²) in [4.78, 5) is 4.29. The lowest BCUT2D eigenvalue weighted by molar-refractivity contribution is 0.176. The molecule has 13 heavy (non-hydrogen) atoms. The third-order valence-corrected chi connectivity index (χ3v) is 2.34. The van der Waals surface area contributed by atoms with Crippen LogP contribution in [0.3, 0.4) is 0 Å². The van der Waals surface area contributed by atoms with Crippen molar-refractivity contribution in [2.24, 2.45) is 10.9 Å². The molecule has 0 unspecified atom stereocenters. The first-order valence-corrected chi connectivity index (χ1v) is 4.72. The Bertz CT molecular complexity index is 175. The molecule has 1 aliphatic rings. The highest BCUT2D eigenvalue weighted by Crippen LogP contribution is 2.01. The summed E-state index contributed by atoms with van der Waals surface area (Å²) >= 11 is 0. The van der Waals surface area contributed by atoms with Crippen LogP contribution in [0.4, 0.5) is 0 Å². The van der Waals surface area contributed by atoms with E-state index >= 15 is 0 Å². The summed E-state index contributed by atoms with van der Waals surface area (Å²) < 4.78 is 0. The fraction of sp³-hybridized carbons (Fsp3) is 0.875. The zero-order valence-corrected chi connectivity index (χ0v) is 8.11. The summed E-state index contributed by atoms with van der Waals surface area (Å²) in [5.41, 5.74) is 5.47. The highest BCUT2D eigenvalue weighted by molar-refractivity contribution is 5.77. The number of nitrogens with zero attached hydrogens (tertiary/aromatic N) is 3. The minimum Gasteiger partial charge on any atom is -0.408 e. The fourth-order valence-corrected chi connectivity index (χ4v) is 1.58. The highest BCUT2D eigenvalue weighted by Gasteiger charge is 2.17. The van der Waals surface area contributed by atoms with Gasteiger partial charge >= 0.3 is 0 Å². The Kier molecular flexibility index (Phi) is 3.82. The smallest absolute Gasteiger partial charge is 0.233 e. The zero-order chi connectivity index (χ0) is 9.68. The number of oxime groups is 1. The summed E-state index contributed by atoms with van der Waals surface area (Å²) in [6.45, 7) is 7.04. The molecule has 0 bridgehead atoms. The van der Waals surface area contributed by atoms with Crippen molar-refractivity contribution >= 4 is 5.96 Å². The van der Waals surface area contributed by atoms with Gasteiger partial charge in [0.15, 0.2) is 0 Å². The first-order chi connectivity index (χ1) is 6.27. The first kappa shape index (κ1) is 10.1. The maximum Gasteiger partial charge on any atom is 0.233 e. The quantitative estimate of drug-likeness (QED) is 0.269. The predicted molar refractivity (Wildman–Crippen MR) is 51.7 cm³/mol. The molecular formula is C8H18N4O. The van der Waals surface area contributed by atoms with Crippen molar-refractivity contribution in [1.82, 2.24) is 9.80 Å². The molecule has 1 saturated heterocycles. The molecule has 1 rings (SSSR count). The molecule has 0 aromatic heterocycles. The number of hydrogen-bond acceptors (Lipinski definition) is 3. The molecular weight excluding hydrogens is 168 g/mol. The molecule has 76 valence electrons. The van der Waals surface area contributed by atoms with Crippen molar-refractivity contribution in [1.29, 1.82) is 0 Å². The third-order valence-electron chi connectivity index (χ3n) is 2.34. The number of nitrogens with two attached hydrogens (primary N) is 1. The van der Waals surface area contributed by atoms with E-state index in [9.17, 15) is 0 Å². The molecule has 0 amide bonds. The van der Waals surface area contributed by atoms with Gasteiger partial charge in [0.1, 0.15) is 0 Å². The Balaban J connectivity index is 2.30. The molecule has 5 heteroatoms. The SMILES string of the molecule is CCCN1CCN(/C(N)=N/O)CC1. The van der Waals surface area contributed by atoms with Crippen LogP contribution >= 0.6 is 0 Å².